The van der Waals surface area contributed by atoms with E-state index in [2.05, 4.69) is 5.32 Å². The Labute approximate surface area is 97.8 Å². The maximum atomic E-state index is 12.5. The van der Waals surface area contributed by atoms with E-state index in [0.29, 0.717) is 6.54 Å². The van der Waals surface area contributed by atoms with Gasteiger partial charge < -0.3 is 10.1 Å². The van der Waals surface area contributed by atoms with E-state index < -0.39 is 18.1 Å². The van der Waals surface area contributed by atoms with Gasteiger partial charge in [0.15, 0.2) is 0 Å². The molecule has 0 radical (unpaired) electrons. The van der Waals surface area contributed by atoms with Gasteiger partial charge in [-0.2, -0.15) is 0 Å². The molecule has 1 aromatic rings. The van der Waals surface area contributed by atoms with Crippen LogP contribution in [0.1, 0.15) is 18.4 Å². The van der Waals surface area contributed by atoms with E-state index in [1.54, 1.807) is 0 Å². The molecule has 0 spiro atoms. The number of amides is 1. The molecule has 0 heterocycles. The first-order valence-corrected chi connectivity index (χ1v) is 5.41. The second-order valence-electron chi connectivity index (χ2n) is 4.13. The molecule has 1 saturated carbocycles. The van der Waals surface area contributed by atoms with E-state index in [-0.39, 0.29) is 12.8 Å². The van der Waals surface area contributed by atoms with Crippen LogP contribution in [0.2, 0.25) is 0 Å². The molecule has 1 aromatic carbocycles. The highest BCUT2D eigenvalue weighted by molar-refractivity contribution is 5.67. The lowest BCUT2D eigenvalue weighted by molar-refractivity contribution is -0.144. The fourth-order valence-electron chi connectivity index (χ4n) is 1.65. The van der Waals surface area contributed by atoms with Crippen LogP contribution < -0.4 is 5.32 Å². The minimum Gasteiger partial charge on any atom is -0.446 e. The average molecular weight is 241 g/mol. The summed E-state index contributed by atoms with van der Waals surface area (Å²) < 4.78 is 29.8. The van der Waals surface area contributed by atoms with Gasteiger partial charge in [0.25, 0.3) is 5.92 Å². The van der Waals surface area contributed by atoms with Gasteiger partial charge in [-0.15, -0.1) is 0 Å². The number of hydrogen-bond acceptors (Lipinski definition) is 2. The van der Waals surface area contributed by atoms with E-state index in [1.807, 2.05) is 30.3 Å². The molecule has 1 aliphatic rings. The number of ether oxygens (including phenoxy) is 1. The number of nitrogens with one attached hydrogen (secondary N) is 1. The average Bonchev–Trinajstić information content (AvgIpc) is 2.25. The summed E-state index contributed by atoms with van der Waals surface area (Å²) in [6.07, 6.45) is -2.03. The van der Waals surface area contributed by atoms with Crippen molar-refractivity contribution in [2.45, 2.75) is 31.4 Å². The molecule has 0 aromatic heterocycles. The van der Waals surface area contributed by atoms with Crippen molar-refractivity contribution in [2.75, 3.05) is 0 Å². The first-order chi connectivity index (χ1) is 8.05. The maximum Gasteiger partial charge on any atom is 0.407 e. The number of hydrogen-bond donors (Lipinski definition) is 1. The van der Waals surface area contributed by atoms with Crippen LogP contribution in [0.5, 0.6) is 0 Å². The predicted molar refractivity (Wildman–Crippen MR) is 57.7 cm³/mol. The monoisotopic (exact) mass is 241 g/mol. The van der Waals surface area contributed by atoms with Gasteiger partial charge >= 0.3 is 6.09 Å². The van der Waals surface area contributed by atoms with Gasteiger partial charge in [-0.1, -0.05) is 30.3 Å². The number of rotatable bonds is 3. The lowest BCUT2D eigenvalue weighted by Crippen LogP contribution is -2.44. The number of carbonyl (C=O) groups is 1. The Hall–Kier alpha value is -1.65. The molecule has 1 fully saturated rings. The zero-order valence-electron chi connectivity index (χ0n) is 9.16. The summed E-state index contributed by atoms with van der Waals surface area (Å²) >= 11 is 0. The molecule has 17 heavy (non-hydrogen) atoms. The number of halogens is 2. The van der Waals surface area contributed by atoms with Crippen LogP contribution in [-0.4, -0.2) is 18.1 Å². The van der Waals surface area contributed by atoms with Gasteiger partial charge in [0.05, 0.1) is 0 Å². The van der Waals surface area contributed by atoms with Gasteiger partial charge in [-0.3, -0.25) is 0 Å². The molecule has 92 valence electrons. The van der Waals surface area contributed by atoms with Crippen molar-refractivity contribution < 1.29 is 18.3 Å². The summed E-state index contributed by atoms with van der Waals surface area (Å²) in [5, 5.41) is 2.52. The number of alkyl halides is 2. The Morgan fingerprint density at radius 2 is 2.00 bits per heavy atom. The fourth-order valence-corrected chi connectivity index (χ4v) is 1.65. The first-order valence-electron chi connectivity index (χ1n) is 5.41. The summed E-state index contributed by atoms with van der Waals surface area (Å²) in [7, 11) is 0. The van der Waals surface area contributed by atoms with Crippen molar-refractivity contribution in [3.63, 3.8) is 0 Å². The zero-order chi connectivity index (χ0) is 12.3. The lowest BCUT2D eigenvalue weighted by atomic mass is 9.91. The molecular formula is C12H13F2NO2. The van der Waals surface area contributed by atoms with Crippen molar-refractivity contribution in [3.8, 4) is 0 Å². The maximum absolute atomic E-state index is 12.5. The third-order valence-corrected chi connectivity index (χ3v) is 2.61. The highest BCUT2D eigenvalue weighted by Crippen LogP contribution is 2.39. The smallest absolute Gasteiger partial charge is 0.407 e. The SMILES string of the molecule is O=C(NCc1ccccc1)OC1CC(F)(F)C1. The molecule has 1 aliphatic carbocycles. The zero-order valence-corrected chi connectivity index (χ0v) is 9.16. The number of benzene rings is 1. The summed E-state index contributed by atoms with van der Waals surface area (Å²) in [4.78, 5) is 11.3. The molecule has 1 amide bonds. The predicted octanol–water partition coefficient (Wildman–Crippen LogP) is 2.71. The topological polar surface area (TPSA) is 38.3 Å². The van der Waals surface area contributed by atoms with Crippen LogP contribution in [0.4, 0.5) is 13.6 Å². The number of carbonyl (C=O) groups excluding carboxylic acids is 1. The van der Waals surface area contributed by atoms with E-state index in [0.717, 1.165) is 5.56 Å². The summed E-state index contributed by atoms with van der Waals surface area (Å²) in [5.41, 5.74) is 0.934. The second-order valence-corrected chi connectivity index (χ2v) is 4.13. The van der Waals surface area contributed by atoms with E-state index in [4.69, 9.17) is 4.74 Å². The van der Waals surface area contributed by atoms with Crippen molar-refractivity contribution >= 4 is 6.09 Å². The van der Waals surface area contributed by atoms with Crippen LogP contribution >= 0.6 is 0 Å². The Balaban J connectivity index is 1.69. The van der Waals surface area contributed by atoms with E-state index in [1.165, 1.54) is 0 Å². The fraction of sp³-hybridized carbons (Fsp3) is 0.417. The van der Waals surface area contributed by atoms with Gasteiger partial charge in [0.2, 0.25) is 0 Å². The van der Waals surface area contributed by atoms with Crippen LogP contribution in [-0.2, 0) is 11.3 Å². The quantitative estimate of drug-likeness (QED) is 0.883. The summed E-state index contributed by atoms with van der Waals surface area (Å²) in [6, 6.07) is 9.30. The molecule has 0 saturated heterocycles. The molecule has 0 atom stereocenters. The Bertz CT molecular complexity index is 387. The highest BCUT2D eigenvalue weighted by Gasteiger charge is 2.47. The summed E-state index contributed by atoms with van der Waals surface area (Å²) in [6.45, 7) is 0.336. The molecule has 0 bridgehead atoms. The first kappa shape index (κ1) is 11.8. The van der Waals surface area contributed by atoms with Crippen LogP contribution in [0, 0.1) is 0 Å². The molecule has 2 rings (SSSR count). The standard InChI is InChI=1S/C12H13F2NO2/c13-12(14)6-10(7-12)17-11(16)15-8-9-4-2-1-3-5-9/h1-5,10H,6-8H2,(H,15,16). The minimum absolute atomic E-state index is 0.336. The van der Waals surface area contributed by atoms with Crippen LogP contribution in [0.3, 0.4) is 0 Å². The molecule has 1 N–H and O–H groups in total. The highest BCUT2D eigenvalue weighted by atomic mass is 19.3. The van der Waals surface area contributed by atoms with E-state index in [9.17, 15) is 13.6 Å². The third kappa shape index (κ3) is 3.41. The molecule has 0 aliphatic heterocycles. The molecular weight excluding hydrogens is 228 g/mol. The second kappa shape index (κ2) is 4.69. The minimum atomic E-state index is -2.66. The van der Waals surface area contributed by atoms with Crippen molar-refractivity contribution in [1.29, 1.82) is 0 Å². The van der Waals surface area contributed by atoms with Gasteiger partial charge in [-0.25, -0.2) is 13.6 Å². The van der Waals surface area contributed by atoms with E-state index >= 15 is 0 Å². The number of alkyl carbamates (subject to hydrolysis) is 1. The lowest BCUT2D eigenvalue weighted by Gasteiger charge is -2.33. The normalized spacial score (nSPS) is 18.2. The molecule has 3 nitrogen and oxygen atoms in total. The Morgan fingerprint density at radius 3 is 2.59 bits per heavy atom. The largest absolute Gasteiger partial charge is 0.446 e. The van der Waals surface area contributed by atoms with Crippen molar-refractivity contribution in [1.82, 2.24) is 5.32 Å². The van der Waals surface area contributed by atoms with Gasteiger partial charge in [0, 0.05) is 19.4 Å². The van der Waals surface area contributed by atoms with Gasteiger partial charge in [0.1, 0.15) is 6.10 Å². The Kier molecular flexibility index (Phi) is 3.26. The summed E-state index contributed by atoms with van der Waals surface area (Å²) in [5.74, 6) is -2.66. The van der Waals surface area contributed by atoms with Crippen molar-refractivity contribution in [3.05, 3.63) is 35.9 Å². The Morgan fingerprint density at radius 1 is 1.35 bits per heavy atom. The molecule has 0 unspecified atom stereocenters. The molecule has 5 heteroatoms. The van der Waals surface area contributed by atoms with Crippen LogP contribution in [0.25, 0.3) is 0 Å². The third-order valence-electron chi connectivity index (χ3n) is 2.61. The van der Waals surface area contributed by atoms with Crippen LogP contribution in [0.15, 0.2) is 30.3 Å². The van der Waals surface area contributed by atoms with Crippen molar-refractivity contribution in [2.24, 2.45) is 0 Å². The van der Waals surface area contributed by atoms with Gasteiger partial charge in [-0.05, 0) is 5.56 Å².